The highest BCUT2D eigenvalue weighted by Crippen LogP contribution is 2.33. The first-order valence-corrected chi connectivity index (χ1v) is 15.7. The summed E-state index contributed by atoms with van der Waals surface area (Å²) in [5, 5.41) is 10.2. The minimum Gasteiger partial charge on any atom is -0.444 e. The number of ether oxygens (including phenoxy) is 2. The van der Waals surface area contributed by atoms with Gasteiger partial charge in [-0.3, -0.25) is 0 Å². The molecule has 5 aromatic rings. The molecule has 226 valence electrons. The summed E-state index contributed by atoms with van der Waals surface area (Å²) < 4.78 is 12.8. The van der Waals surface area contributed by atoms with Gasteiger partial charge in [0.1, 0.15) is 11.2 Å². The predicted molar refractivity (Wildman–Crippen MR) is 176 cm³/mol. The molecule has 8 nitrogen and oxygen atoms in total. The highest BCUT2D eigenvalue weighted by Gasteiger charge is 2.17. The van der Waals surface area contributed by atoms with Crippen molar-refractivity contribution in [1.82, 2.24) is 20.6 Å². The number of rotatable bonds is 5. The average Bonchev–Trinajstić information content (AvgIpc) is 3.56. The highest BCUT2D eigenvalue weighted by molar-refractivity contribution is 7.22. The molecule has 0 bridgehead atoms. The molecule has 11 heteroatoms. The zero-order valence-corrected chi connectivity index (χ0v) is 27.4. The van der Waals surface area contributed by atoms with Crippen LogP contribution in [0.4, 0.5) is 9.59 Å². The summed E-state index contributed by atoms with van der Waals surface area (Å²) in [6.45, 7) is 12.0. The number of nitrogens with zero attached hydrogens (tertiary/aromatic N) is 2. The average molecular weight is 639 g/mol. The Bertz CT molecular complexity index is 1720. The number of carbonyl (C=O) groups excluding carboxylic acids is 2. The molecule has 2 N–H and O–H groups in total. The largest absolute Gasteiger partial charge is 0.444 e. The molecule has 0 unspecified atom stereocenters. The first-order chi connectivity index (χ1) is 20.2. The van der Waals surface area contributed by atoms with Gasteiger partial charge >= 0.3 is 12.2 Å². The van der Waals surface area contributed by atoms with Gasteiger partial charge in [0.05, 0.1) is 10.6 Å². The number of carbonyl (C=O) groups is 2. The van der Waals surface area contributed by atoms with Gasteiger partial charge in [0.15, 0.2) is 0 Å². The number of benzene rings is 2. The van der Waals surface area contributed by atoms with Gasteiger partial charge in [0.2, 0.25) is 5.28 Å². The maximum Gasteiger partial charge on any atom is 0.407 e. The SMILES string of the molecule is CC(C)(C)OC(=O)NCc1ccc2cc(-c3ccnc(Cl)n3)sc2c1.CC(C)(C)OC(=O)NCc1ccc2ccsc2c1. The fraction of sp³-hybridized carbons (Fsp3) is 0.312. The molecular formula is C32H35ClN4O4S2. The molecule has 2 aromatic carbocycles. The number of thiophene rings is 2. The Morgan fingerprint density at radius 1 is 0.791 bits per heavy atom. The lowest BCUT2D eigenvalue weighted by atomic mass is 10.1. The second kappa shape index (κ2) is 13.7. The normalized spacial score (nSPS) is 11.5. The Labute approximate surface area is 264 Å². The van der Waals surface area contributed by atoms with Crippen molar-refractivity contribution < 1.29 is 19.1 Å². The molecule has 43 heavy (non-hydrogen) atoms. The lowest BCUT2D eigenvalue weighted by Gasteiger charge is -2.19. The van der Waals surface area contributed by atoms with Crippen LogP contribution in [-0.4, -0.2) is 33.4 Å². The molecule has 0 fully saturated rings. The van der Waals surface area contributed by atoms with E-state index in [9.17, 15) is 9.59 Å². The third-order valence-corrected chi connectivity index (χ3v) is 7.84. The Kier molecular flexibility index (Phi) is 10.3. The second-order valence-corrected chi connectivity index (χ2v) is 14.1. The number of halogens is 1. The summed E-state index contributed by atoms with van der Waals surface area (Å²) in [5.74, 6) is 0. The number of fused-ring (bicyclic) bond motifs is 2. The van der Waals surface area contributed by atoms with E-state index in [0.29, 0.717) is 13.1 Å². The number of hydrogen-bond donors (Lipinski definition) is 2. The van der Waals surface area contributed by atoms with Crippen molar-refractivity contribution in [3.05, 3.63) is 82.6 Å². The van der Waals surface area contributed by atoms with E-state index < -0.39 is 17.3 Å². The summed E-state index contributed by atoms with van der Waals surface area (Å²) in [4.78, 5) is 32.5. The van der Waals surface area contributed by atoms with Gasteiger partial charge < -0.3 is 20.1 Å². The van der Waals surface area contributed by atoms with Crippen molar-refractivity contribution in [3.8, 4) is 10.6 Å². The summed E-state index contributed by atoms with van der Waals surface area (Å²) in [7, 11) is 0. The van der Waals surface area contributed by atoms with Crippen LogP contribution in [0, 0.1) is 0 Å². The molecule has 0 radical (unpaired) electrons. The molecule has 2 amide bonds. The Morgan fingerprint density at radius 3 is 1.95 bits per heavy atom. The fourth-order valence-corrected chi connectivity index (χ4v) is 5.97. The quantitative estimate of drug-likeness (QED) is 0.186. The molecule has 0 saturated carbocycles. The van der Waals surface area contributed by atoms with Gasteiger partial charge in [-0.1, -0.05) is 24.3 Å². The van der Waals surface area contributed by atoms with Gasteiger partial charge in [-0.25, -0.2) is 19.6 Å². The summed E-state index contributed by atoms with van der Waals surface area (Å²) in [6, 6.07) is 18.3. The first kappa shape index (κ1) is 32.2. The van der Waals surface area contributed by atoms with Crippen LogP contribution in [0.2, 0.25) is 5.28 Å². The first-order valence-electron chi connectivity index (χ1n) is 13.7. The third kappa shape index (κ3) is 10.2. The minimum atomic E-state index is -0.504. The molecule has 0 aliphatic carbocycles. The van der Waals surface area contributed by atoms with Crippen LogP contribution in [0.25, 0.3) is 30.7 Å². The standard InChI is InChI=1S/C18H18ClN3O2S.C14H17NO2S/c1-18(2,3)24-17(23)21-10-11-4-5-12-9-15(25-14(12)8-11)13-6-7-20-16(19)22-13;1-14(2,3)17-13(16)15-9-10-4-5-11-6-7-18-12(11)8-10/h4-9H,10H2,1-3H3,(H,21,23);4-8H,9H2,1-3H3,(H,15,16). The van der Waals surface area contributed by atoms with E-state index in [1.807, 2.05) is 65.8 Å². The Balaban J connectivity index is 0.000000208. The Hall–Kier alpha value is -3.73. The lowest BCUT2D eigenvalue weighted by molar-refractivity contribution is 0.0512. The summed E-state index contributed by atoms with van der Waals surface area (Å²) >= 11 is 9.19. The van der Waals surface area contributed by atoms with E-state index in [-0.39, 0.29) is 11.4 Å². The predicted octanol–water partition coefficient (Wildman–Crippen LogP) is 8.96. The van der Waals surface area contributed by atoms with Gasteiger partial charge in [-0.2, -0.15) is 0 Å². The molecule has 0 atom stereocenters. The van der Waals surface area contributed by atoms with Crippen molar-refractivity contribution >= 4 is 66.6 Å². The number of hydrogen-bond acceptors (Lipinski definition) is 8. The van der Waals surface area contributed by atoms with Crippen LogP contribution >= 0.6 is 34.3 Å². The van der Waals surface area contributed by atoms with Crippen LogP contribution in [0.5, 0.6) is 0 Å². The van der Waals surface area contributed by atoms with Crippen molar-refractivity contribution in [3.63, 3.8) is 0 Å². The lowest BCUT2D eigenvalue weighted by Crippen LogP contribution is -2.32. The van der Waals surface area contributed by atoms with E-state index >= 15 is 0 Å². The maximum atomic E-state index is 11.8. The van der Waals surface area contributed by atoms with Crippen LogP contribution in [0.1, 0.15) is 52.7 Å². The third-order valence-electron chi connectivity index (χ3n) is 5.66. The van der Waals surface area contributed by atoms with Gasteiger partial charge in [0.25, 0.3) is 0 Å². The van der Waals surface area contributed by atoms with Crippen molar-refractivity contribution in [2.75, 3.05) is 0 Å². The van der Waals surface area contributed by atoms with E-state index in [2.05, 4.69) is 56.3 Å². The Morgan fingerprint density at radius 2 is 1.37 bits per heavy atom. The van der Waals surface area contributed by atoms with Crippen molar-refractivity contribution in [1.29, 1.82) is 0 Å². The fourth-order valence-electron chi connectivity index (χ4n) is 3.87. The van der Waals surface area contributed by atoms with Gasteiger partial charge in [-0.15, -0.1) is 22.7 Å². The van der Waals surface area contributed by atoms with Crippen LogP contribution in [0.3, 0.4) is 0 Å². The second-order valence-electron chi connectivity index (χ2n) is 11.7. The molecule has 3 heterocycles. The molecule has 3 aromatic heterocycles. The van der Waals surface area contributed by atoms with Crippen LogP contribution in [-0.2, 0) is 22.6 Å². The molecular weight excluding hydrogens is 604 g/mol. The smallest absolute Gasteiger partial charge is 0.407 e. The minimum absolute atomic E-state index is 0.234. The molecule has 0 saturated heterocycles. The molecule has 5 rings (SSSR count). The number of aromatic nitrogens is 2. The van der Waals surface area contributed by atoms with Gasteiger partial charge in [0, 0.05) is 28.7 Å². The van der Waals surface area contributed by atoms with Gasteiger partial charge in [-0.05, 0) is 111 Å². The van der Waals surface area contributed by atoms with E-state index in [1.54, 1.807) is 28.9 Å². The molecule has 0 spiro atoms. The summed E-state index contributed by atoms with van der Waals surface area (Å²) in [6.07, 6.45) is 0.842. The van der Waals surface area contributed by atoms with Crippen molar-refractivity contribution in [2.45, 2.75) is 65.8 Å². The maximum absolute atomic E-state index is 11.8. The van der Waals surface area contributed by atoms with E-state index in [1.165, 1.54) is 10.1 Å². The van der Waals surface area contributed by atoms with E-state index in [4.69, 9.17) is 21.1 Å². The zero-order valence-electron chi connectivity index (χ0n) is 25.0. The topological polar surface area (TPSA) is 102 Å². The molecule has 0 aliphatic rings. The molecule has 0 aliphatic heterocycles. The monoisotopic (exact) mass is 638 g/mol. The summed E-state index contributed by atoms with van der Waals surface area (Å²) in [5.41, 5.74) is 1.93. The van der Waals surface area contributed by atoms with Crippen LogP contribution < -0.4 is 10.6 Å². The van der Waals surface area contributed by atoms with Crippen molar-refractivity contribution in [2.24, 2.45) is 0 Å². The number of amides is 2. The highest BCUT2D eigenvalue weighted by atomic mass is 35.5. The van der Waals surface area contributed by atoms with Crippen LogP contribution in [0.15, 0.2) is 66.2 Å². The number of alkyl carbamates (subject to hydrolysis) is 2. The zero-order chi connectivity index (χ0) is 31.2. The van der Waals surface area contributed by atoms with E-state index in [0.717, 1.165) is 31.8 Å². The number of nitrogens with one attached hydrogen (secondary N) is 2.